The van der Waals surface area contributed by atoms with Crippen molar-refractivity contribution in [2.45, 2.75) is 13.5 Å². The van der Waals surface area contributed by atoms with Crippen LogP contribution in [0.1, 0.15) is 31.2 Å². The van der Waals surface area contributed by atoms with E-state index in [1.807, 2.05) is 0 Å². The Labute approximate surface area is 147 Å². The number of fused-ring (bicyclic) bond motifs is 1. The van der Waals surface area contributed by atoms with Gasteiger partial charge in [-0.2, -0.15) is 0 Å². The van der Waals surface area contributed by atoms with Gasteiger partial charge in [-0.25, -0.2) is 4.98 Å². The molecule has 0 aliphatic rings. The second-order valence-electron chi connectivity index (χ2n) is 5.64. The molecule has 3 rings (SSSR count). The summed E-state index contributed by atoms with van der Waals surface area (Å²) in [7, 11) is 1.62. The van der Waals surface area contributed by atoms with Crippen LogP contribution in [0.3, 0.4) is 0 Å². The molecule has 0 radical (unpaired) electrons. The number of aromatic nitrogens is 2. The fourth-order valence-electron chi connectivity index (χ4n) is 2.52. The van der Waals surface area contributed by atoms with E-state index in [1.165, 1.54) is 22.2 Å². The summed E-state index contributed by atoms with van der Waals surface area (Å²) in [6.07, 6.45) is 1.44. The molecule has 128 valence electrons. The number of primary amides is 1. The molecule has 0 fully saturated rings. The smallest absolute Gasteiger partial charge is 0.262 e. The van der Waals surface area contributed by atoms with E-state index in [0.29, 0.717) is 26.2 Å². The van der Waals surface area contributed by atoms with E-state index >= 15 is 0 Å². The van der Waals surface area contributed by atoms with E-state index in [9.17, 15) is 14.4 Å². The van der Waals surface area contributed by atoms with Gasteiger partial charge in [0.05, 0.1) is 16.6 Å². The number of thiophene rings is 1. The van der Waals surface area contributed by atoms with Gasteiger partial charge in [-0.05, 0) is 30.2 Å². The van der Waals surface area contributed by atoms with Crippen molar-refractivity contribution >= 4 is 33.4 Å². The highest BCUT2D eigenvalue weighted by Gasteiger charge is 2.18. The van der Waals surface area contributed by atoms with Crippen LogP contribution < -0.4 is 16.6 Å². The number of nitrogens with one attached hydrogen (secondary N) is 1. The highest BCUT2D eigenvalue weighted by molar-refractivity contribution is 7.20. The Bertz CT molecular complexity index is 1050. The first-order valence-corrected chi connectivity index (χ1v) is 8.32. The number of amides is 2. The van der Waals surface area contributed by atoms with Gasteiger partial charge in [-0.3, -0.25) is 14.4 Å². The topological polar surface area (TPSA) is 107 Å². The molecule has 25 heavy (non-hydrogen) atoms. The Morgan fingerprint density at radius 2 is 2.12 bits per heavy atom. The molecule has 0 saturated heterocycles. The summed E-state index contributed by atoms with van der Waals surface area (Å²) >= 11 is 1.19. The van der Waals surface area contributed by atoms with Crippen LogP contribution in [0.15, 0.2) is 35.4 Å². The van der Waals surface area contributed by atoms with Gasteiger partial charge in [0.15, 0.2) is 0 Å². The molecule has 0 spiro atoms. The highest BCUT2D eigenvalue weighted by Crippen LogP contribution is 2.26. The summed E-state index contributed by atoms with van der Waals surface area (Å²) < 4.78 is 1.39. The predicted octanol–water partition coefficient (Wildman–Crippen LogP) is 1.33. The average molecular weight is 356 g/mol. The van der Waals surface area contributed by atoms with Crippen molar-refractivity contribution in [2.24, 2.45) is 12.8 Å². The minimum atomic E-state index is -0.518. The third-order valence-electron chi connectivity index (χ3n) is 3.88. The molecular formula is C17H16N4O3S. The summed E-state index contributed by atoms with van der Waals surface area (Å²) in [6, 6.07) is 6.75. The maximum atomic E-state index is 12.5. The normalized spacial score (nSPS) is 10.8. The zero-order chi connectivity index (χ0) is 18.1. The van der Waals surface area contributed by atoms with Crippen LogP contribution in [-0.2, 0) is 13.6 Å². The quantitative estimate of drug-likeness (QED) is 0.735. The predicted molar refractivity (Wildman–Crippen MR) is 95.7 cm³/mol. The molecule has 0 bridgehead atoms. The maximum absolute atomic E-state index is 12.5. The van der Waals surface area contributed by atoms with E-state index in [4.69, 9.17) is 5.73 Å². The Morgan fingerprint density at radius 1 is 1.36 bits per heavy atom. The van der Waals surface area contributed by atoms with Crippen molar-refractivity contribution in [2.75, 3.05) is 0 Å². The number of carbonyl (C=O) groups excluding carboxylic acids is 2. The van der Waals surface area contributed by atoms with E-state index < -0.39 is 5.91 Å². The van der Waals surface area contributed by atoms with Gasteiger partial charge in [0, 0.05) is 19.2 Å². The minimum Gasteiger partial charge on any atom is -0.366 e. The number of hydrogen-bond donors (Lipinski definition) is 2. The molecule has 0 atom stereocenters. The van der Waals surface area contributed by atoms with Crippen LogP contribution in [0.5, 0.6) is 0 Å². The maximum Gasteiger partial charge on any atom is 0.262 e. The zero-order valence-corrected chi connectivity index (χ0v) is 14.5. The van der Waals surface area contributed by atoms with Crippen molar-refractivity contribution in [1.29, 1.82) is 0 Å². The second kappa shape index (κ2) is 6.48. The number of rotatable bonds is 4. The lowest BCUT2D eigenvalue weighted by molar-refractivity contribution is 0.0953. The largest absolute Gasteiger partial charge is 0.366 e. The Kier molecular flexibility index (Phi) is 4.37. The number of carbonyl (C=O) groups is 2. The van der Waals surface area contributed by atoms with E-state index in [-0.39, 0.29) is 18.0 Å². The first-order valence-electron chi connectivity index (χ1n) is 7.50. The fourth-order valence-corrected chi connectivity index (χ4v) is 3.58. The minimum absolute atomic E-state index is 0.174. The Balaban J connectivity index is 1.85. The lowest BCUT2D eigenvalue weighted by Gasteiger charge is -2.06. The van der Waals surface area contributed by atoms with Crippen LogP contribution >= 0.6 is 11.3 Å². The van der Waals surface area contributed by atoms with Crippen LogP contribution in [0, 0.1) is 6.92 Å². The summed E-state index contributed by atoms with van der Waals surface area (Å²) in [5.74, 6) is -0.803. The van der Waals surface area contributed by atoms with E-state index in [1.54, 1.807) is 38.2 Å². The van der Waals surface area contributed by atoms with Crippen molar-refractivity contribution < 1.29 is 9.59 Å². The van der Waals surface area contributed by atoms with Crippen LogP contribution in [0.25, 0.3) is 10.2 Å². The Hall–Kier alpha value is -3.00. The molecule has 2 heterocycles. The standard InChI is InChI=1S/C17H16N4O3S/c1-9-12-16(20-8-21(2)17(12)24)25-13(9)15(23)19-7-10-4-3-5-11(6-10)14(18)22/h3-6,8H,7H2,1-2H3,(H2,18,22)(H,19,23). The van der Waals surface area contributed by atoms with Gasteiger partial charge >= 0.3 is 0 Å². The van der Waals surface area contributed by atoms with Gasteiger partial charge in [0.25, 0.3) is 11.5 Å². The monoisotopic (exact) mass is 356 g/mol. The van der Waals surface area contributed by atoms with Gasteiger partial charge in [-0.1, -0.05) is 12.1 Å². The third-order valence-corrected chi connectivity index (χ3v) is 5.08. The van der Waals surface area contributed by atoms with E-state index in [2.05, 4.69) is 10.3 Å². The van der Waals surface area contributed by atoms with E-state index in [0.717, 1.165) is 5.56 Å². The molecule has 0 aliphatic heterocycles. The third kappa shape index (κ3) is 3.16. The summed E-state index contributed by atoms with van der Waals surface area (Å²) in [6.45, 7) is 1.99. The number of nitrogens with zero attached hydrogens (tertiary/aromatic N) is 2. The van der Waals surface area contributed by atoms with Crippen molar-refractivity contribution in [3.63, 3.8) is 0 Å². The van der Waals surface area contributed by atoms with Gasteiger partial charge < -0.3 is 15.6 Å². The first kappa shape index (κ1) is 16.8. The van der Waals surface area contributed by atoms with Crippen LogP contribution in [0.2, 0.25) is 0 Å². The molecule has 2 aromatic heterocycles. The van der Waals surface area contributed by atoms with Gasteiger partial charge in [-0.15, -0.1) is 11.3 Å². The molecule has 0 aliphatic carbocycles. The van der Waals surface area contributed by atoms with Gasteiger partial charge in [0.1, 0.15) is 4.83 Å². The molecule has 0 saturated carbocycles. The molecule has 8 heteroatoms. The molecule has 3 N–H and O–H groups in total. The Morgan fingerprint density at radius 3 is 2.84 bits per heavy atom. The molecular weight excluding hydrogens is 340 g/mol. The SMILES string of the molecule is Cc1c(C(=O)NCc2cccc(C(N)=O)c2)sc2ncn(C)c(=O)c12. The molecule has 7 nitrogen and oxygen atoms in total. The number of hydrogen-bond acceptors (Lipinski definition) is 5. The first-order chi connectivity index (χ1) is 11.9. The van der Waals surface area contributed by atoms with Crippen molar-refractivity contribution in [1.82, 2.24) is 14.9 Å². The average Bonchev–Trinajstić information content (AvgIpc) is 2.94. The molecule has 2 amide bonds. The molecule has 1 aromatic carbocycles. The molecule has 3 aromatic rings. The summed E-state index contributed by atoms with van der Waals surface area (Å²) in [5.41, 5.74) is 6.85. The number of aryl methyl sites for hydroxylation is 2. The van der Waals surface area contributed by atoms with Crippen LogP contribution in [-0.4, -0.2) is 21.4 Å². The second-order valence-corrected chi connectivity index (χ2v) is 6.64. The highest BCUT2D eigenvalue weighted by atomic mass is 32.1. The summed E-state index contributed by atoms with van der Waals surface area (Å²) in [4.78, 5) is 41.1. The lowest BCUT2D eigenvalue weighted by atomic mass is 10.1. The van der Waals surface area contributed by atoms with Crippen molar-refractivity contribution in [3.05, 3.63) is 62.5 Å². The zero-order valence-electron chi connectivity index (χ0n) is 13.7. The fraction of sp³-hybridized carbons (Fsp3) is 0.176. The van der Waals surface area contributed by atoms with Gasteiger partial charge in [0.2, 0.25) is 5.91 Å². The lowest BCUT2D eigenvalue weighted by Crippen LogP contribution is -2.23. The van der Waals surface area contributed by atoms with Crippen LogP contribution in [0.4, 0.5) is 0 Å². The number of benzene rings is 1. The van der Waals surface area contributed by atoms with Crippen molar-refractivity contribution in [3.8, 4) is 0 Å². The summed E-state index contributed by atoms with van der Waals surface area (Å²) in [5, 5.41) is 3.27. The molecule has 0 unspecified atom stereocenters. The number of nitrogens with two attached hydrogens (primary N) is 1.